The van der Waals surface area contributed by atoms with Gasteiger partial charge < -0.3 is 9.80 Å². The number of hydrogen-bond acceptors (Lipinski definition) is 4. The third-order valence-electron chi connectivity index (χ3n) is 4.91. The van der Waals surface area contributed by atoms with Crippen LogP contribution in [0.5, 0.6) is 0 Å². The molecule has 2 rings (SSSR count). The topological polar surface area (TPSA) is 44.5 Å². The second kappa shape index (κ2) is 8.13. The van der Waals surface area contributed by atoms with E-state index in [2.05, 4.69) is 35.4 Å². The first kappa shape index (κ1) is 16.0. The number of hydrogen-bond donors (Lipinski definition) is 2. The number of nitrogens with zero attached hydrogens (tertiary/aromatic N) is 2. The standard InChI is InChI=1S/C16H32N4/c1-19-11-8-12-20(2)15(13-19)16(18-17)14-9-6-4-3-5-7-10-14/h9,15-16,18H,3-8,10-13,17H2,1-2H3. The summed E-state index contributed by atoms with van der Waals surface area (Å²) >= 11 is 0. The Kier molecular flexibility index (Phi) is 6.49. The Bertz CT molecular complexity index is 316. The van der Waals surface area contributed by atoms with Gasteiger partial charge in [-0.05, 0) is 59.3 Å². The van der Waals surface area contributed by atoms with Crippen LogP contribution in [0.4, 0.5) is 0 Å². The molecule has 0 aromatic carbocycles. The molecule has 0 bridgehead atoms. The average molecular weight is 280 g/mol. The van der Waals surface area contributed by atoms with Gasteiger partial charge in [0.1, 0.15) is 0 Å². The molecule has 2 unspecified atom stereocenters. The summed E-state index contributed by atoms with van der Waals surface area (Å²) in [4.78, 5) is 4.94. The zero-order valence-electron chi connectivity index (χ0n) is 13.3. The fourth-order valence-electron chi connectivity index (χ4n) is 3.63. The van der Waals surface area contributed by atoms with Crippen LogP contribution in [0.1, 0.15) is 44.9 Å². The summed E-state index contributed by atoms with van der Waals surface area (Å²) in [5.74, 6) is 5.95. The van der Waals surface area contributed by atoms with Gasteiger partial charge in [-0.3, -0.25) is 11.3 Å². The lowest BCUT2D eigenvalue weighted by atomic mass is 9.90. The molecule has 0 saturated carbocycles. The molecule has 20 heavy (non-hydrogen) atoms. The summed E-state index contributed by atoms with van der Waals surface area (Å²) in [5.41, 5.74) is 4.67. The van der Waals surface area contributed by atoms with Crippen molar-refractivity contribution in [2.45, 2.75) is 57.0 Å². The van der Waals surface area contributed by atoms with Gasteiger partial charge in [-0.25, -0.2) is 0 Å². The zero-order chi connectivity index (χ0) is 14.4. The van der Waals surface area contributed by atoms with Crippen molar-refractivity contribution in [2.75, 3.05) is 33.7 Å². The van der Waals surface area contributed by atoms with E-state index in [0.717, 1.165) is 6.54 Å². The summed E-state index contributed by atoms with van der Waals surface area (Å²) in [7, 11) is 4.48. The smallest absolute Gasteiger partial charge is 0.0587 e. The average Bonchev–Trinajstić information content (AvgIpc) is 2.55. The maximum Gasteiger partial charge on any atom is 0.0587 e. The number of likely N-dealkylation sites (N-methyl/N-ethyl adjacent to an activating group) is 2. The van der Waals surface area contributed by atoms with Crippen molar-refractivity contribution >= 4 is 0 Å². The highest BCUT2D eigenvalue weighted by Gasteiger charge is 2.30. The molecule has 0 amide bonds. The molecule has 0 aromatic rings. The number of rotatable bonds is 3. The van der Waals surface area contributed by atoms with Crippen LogP contribution in [0.3, 0.4) is 0 Å². The van der Waals surface area contributed by atoms with Gasteiger partial charge >= 0.3 is 0 Å². The summed E-state index contributed by atoms with van der Waals surface area (Å²) < 4.78 is 0. The Labute approximate surface area is 124 Å². The summed E-state index contributed by atoms with van der Waals surface area (Å²) in [6, 6.07) is 0.789. The highest BCUT2D eigenvalue weighted by Crippen LogP contribution is 2.23. The van der Waals surface area contributed by atoms with Crippen LogP contribution in [0.25, 0.3) is 0 Å². The summed E-state index contributed by atoms with van der Waals surface area (Å²) in [6.45, 7) is 3.46. The van der Waals surface area contributed by atoms with Crippen molar-refractivity contribution in [1.82, 2.24) is 15.2 Å². The Morgan fingerprint density at radius 1 is 1.15 bits per heavy atom. The van der Waals surface area contributed by atoms with Crippen molar-refractivity contribution in [2.24, 2.45) is 5.84 Å². The van der Waals surface area contributed by atoms with Crippen LogP contribution >= 0.6 is 0 Å². The summed E-state index contributed by atoms with van der Waals surface area (Å²) in [6.07, 6.45) is 11.5. The molecule has 1 fully saturated rings. The zero-order valence-corrected chi connectivity index (χ0v) is 13.3. The predicted octanol–water partition coefficient (Wildman–Crippen LogP) is 1.73. The van der Waals surface area contributed by atoms with E-state index in [1.807, 2.05) is 0 Å². The Morgan fingerprint density at radius 2 is 1.95 bits per heavy atom. The normalized spacial score (nSPS) is 29.1. The largest absolute Gasteiger partial charge is 0.305 e. The van der Waals surface area contributed by atoms with Crippen LogP contribution in [0, 0.1) is 0 Å². The molecule has 2 aliphatic rings. The molecule has 1 aliphatic carbocycles. The number of nitrogens with one attached hydrogen (secondary N) is 1. The Balaban J connectivity index is 2.11. The van der Waals surface area contributed by atoms with Crippen molar-refractivity contribution in [3.63, 3.8) is 0 Å². The molecule has 4 nitrogen and oxygen atoms in total. The highest BCUT2D eigenvalue weighted by atomic mass is 15.3. The Hall–Kier alpha value is -0.420. The third-order valence-corrected chi connectivity index (χ3v) is 4.91. The third kappa shape index (κ3) is 4.29. The van der Waals surface area contributed by atoms with E-state index in [1.54, 1.807) is 5.57 Å². The Morgan fingerprint density at radius 3 is 2.75 bits per heavy atom. The van der Waals surface area contributed by atoms with E-state index in [4.69, 9.17) is 5.84 Å². The molecule has 4 heteroatoms. The quantitative estimate of drug-likeness (QED) is 0.469. The van der Waals surface area contributed by atoms with Crippen LogP contribution in [0.2, 0.25) is 0 Å². The maximum absolute atomic E-state index is 5.95. The highest BCUT2D eigenvalue weighted by molar-refractivity contribution is 5.15. The minimum atomic E-state index is 0.304. The van der Waals surface area contributed by atoms with E-state index < -0.39 is 0 Å². The number of allylic oxidation sites excluding steroid dienone is 1. The molecule has 2 atom stereocenters. The predicted molar refractivity (Wildman–Crippen MR) is 85.4 cm³/mol. The molecule has 1 aliphatic heterocycles. The van der Waals surface area contributed by atoms with Crippen molar-refractivity contribution < 1.29 is 0 Å². The molecule has 1 saturated heterocycles. The first-order chi connectivity index (χ1) is 9.72. The second-order valence-corrected chi connectivity index (χ2v) is 6.54. The van der Waals surface area contributed by atoms with Gasteiger partial charge in [-0.2, -0.15) is 0 Å². The molecule has 0 spiro atoms. The van der Waals surface area contributed by atoms with E-state index in [1.165, 1.54) is 58.0 Å². The fourth-order valence-corrected chi connectivity index (χ4v) is 3.63. The minimum absolute atomic E-state index is 0.304. The lowest BCUT2D eigenvalue weighted by Crippen LogP contribution is -2.55. The van der Waals surface area contributed by atoms with E-state index in [-0.39, 0.29) is 0 Å². The molecule has 1 heterocycles. The lowest BCUT2D eigenvalue weighted by Gasteiger charge is -2.36. The number of hydrazine groups is 1. The first-order valence-electron chi connectivity index (χ1n) is 8.26. The van der Waals surface area contributed by atoms with E-state index in [9.17, 15) is 0 Å². The number of nitrogens with two attached hydrogens (primary N) is 1. The monoisotopic (exact) mass is 280 g/mol. The van der Waals surface area contributed by atoms with Gasteiger partial charge in [-0.1, -0.05) is 24.5 Å². The van der Waals surface area contributed by atoms with Crippen LogP contribution in [0.15, 0.2) is 11.6 Å². The van der Waals surface area contributed by atoms with Crippen LogP contribution < -0.4 is 11.3 Å². The van der Waals surface area contributed by atoms with E-state index in [0.29, 0.717) is 12.1 Å². The van der Waals surface area contributed by atoms with Gasteiger partial charge in [0.2, 0.25) is 0 Å². The summed E-state index contributed by atoms with van der Waals surface area (Å²) in [5, 5.41) is 0. The van der Waals surface area contributed by atoms with Gasteiger partial charge in [0.15, 0.2) is 0 Å². The molecule has 0 radical (unpaired) electrons. The van der Waals surface area contributed by atoms with Gasteiger partial charge in [-0.15, -0.1) is 0 Å². The lowest BCUT2D eigenvalue weighted by molar-refractivity contribution is 0.189. The van der Waals surface area contributed by atoms with Gasteiger partial charge in [0, 0.05) is 12.6 Å². The van der Waals surface area contributed by atoms with Crippen LogP contribution in [-0.2, 0) is 0 Å². The molecular formula is C16H32N4. The fraction of sp³-hybridized carbons (Fsp3) is 0.875. The maximum atomic E-state index is 5.95. The van der Waals surface area contributed by atoms with Crippen LogP contribution in [-0.4, -0.2) is 55.6 Å². The van der Waals surface area contributed by atoms with Gasteiger partial charge in [0.25, 0.3) is 0 Å². The van der Waals surface area contributed by atoms with Crippen molar-refractivity contribution in [1.29, 1.82) is 0 Å². The molecule has 0 aromatic heterocycles. The second-order valence-electron chi connectivity index (χ2n) is 6.54. The van der Waals surface area contributed by atoms with Gasteiger partial charge in [0.05, 0.1) is 6.04 Å². The molecular weight excluding hydrogens is 248 g/mol. The SMILES string of the molecule is CN1CCCN(C)C(C(NN)C2=CCCCCCC2)C1. The molecule has 3 N–H and O–H groups in total. The minimum Gasteiger partial charge on any atom is -0.305 e. The molecule has 116 valence electrons. The first-order valence-corrected chi connectivity index (χ1v) is 8.26. The van der Waals surface area contributed by atoms with Crippen molar-refractivity contribution in [3.05, 3.63) is 11.6 Å². The van der Waals surface area contributed by atoms with Crippen molar-refractivity contribution in [3.8, 4) is 0 Å². The van der Waals surface area contributed by atoms with E-state index >= 15 is 0 Å².